The van der Waals surface area contributed by atoms with Gasteiger partial charge in [-0.2, -0.15) is 0 Å². The van der Waals surface area contributed by atoms with Gasteiger partial charge in [0.05, 0.1) is 0 Å². The van der Waals surface area contributed by atoms with Gasteiger partial charge >= 0.3 is 206 Å². The van der Waals surface area contributed by atoms with Crippen LogP contribution in [0.25, 0.3) is 11.1 Å². The maximum Gasteiger partial charge on any atom is -1.00 e. The van der Waals surface area contributed by atoms with Gasteiger partial charge in [0.2, 0.25) is 0 Å². The van der Waals surface area contributed by atoms with Gasteiger partial charge in [0, 0.05) is 0 Å². The van der Waals surface area contributed by atoms with E-state index in [1.807, 2.05) is 12.1 Å². The van der Waals surface area contributed by atoms with Crippen LogP contribution >= 0.6 is 0 Å². The van der Waals surface area contributed by atoms with Crippen molar-refractivity contribution >= 4 is 6.98 Å². The SMILES string of the molecule is CC1=[C](/[Zr+2](=[CH]/c2ccc(F)cc2)[c]2cccc3c2Cc2ccccc2-3)C(C)C=C1C(C)(C)C.[Cl-].[Cl-]. The second-order valence-electron chi connectivity index (χ2n) is 10.4. The molecule has 0 amide bonds. The smallest absolute Gasteiger partial charge is 1.00 e. The van der Waals surface area contributed by atoms with Gasteiger partial charge in [-0.3, -0.25) is 0 Å². The summed E-state index contributed by atoms with van der Waals surface area (Å²) in [6, 6.07) is 22.9. The van der Waals surface area contributed by atoms with E-state index in [-0.39, 0.29) is 36.0 Å². The molecule has 0 nitrogen and oxygen atoms in total. The molecule has 0 spiro atoms. The van der Waals surface area contributed by atoms with Crippen LogP contribution in [0.1, 0.15) is 51.3 Å². The molecule has 0 saturated carbocycles. The van der Waals surface area contributed by atoms with Crippen LogP contribution in [0, 0.1) is 17.2 Å². The Morgan fingerprint density at radius 1 is 0.886 bits per heavy atom. The van der Waals surface area contributed by atoms with Crippen LogP contribution in [-0.4, -0.2) is 3.71 Å². The minimum absolute atomic E-state index is 0. The summed E-state index contributed by atoms with van der Waals surface area (Å²) in [5, 5.41) is 0. The number of hydrogen-bond donors (Lipinski definition) is 0. The summed E-state index contributed by atoms with van der Waals surface area (Å²) in [4.78, 5) is 0. The topological polar surface area (TPSA) is 0 Å². The van der Waals surface area contributed by atoms with Crippen LogP contribution in [0.5, 0.6) is 0 Å². The van der Waals surface area contributed by atoms with Gasteiger partial charge in [0.25, 0.3) is 0 Å². The third-order valence-corrected chi connectivity index (χ3v) is 14.7. The third-order valence-electron chi connectivity index (χ3n) is 7.10. The van der Waals surface area contributed by atoms with E-state index in [0.29, 0.717) is 5.92 Å². The predicted octanol–water partition coefficient (Wildman–Crippen LogP) is 1.40. The second kappa shape index (κ2) is 10.8. The predicted molar refractivity (Wildman–Crippen MR) is 135 cm³/mol. The number of halogens is 3. The van der Waals surface area contributed by atoms with Crippen molar-refractivity contribution < 1.29 is 50.5 Å². The van der Waals surface area contributed by atoms with Crippen LogP contribution in [0.2, 0.25) is 0 Å². The zero-order valence-corrected chi connectivity index (χ0v) is 24.9. The molecule has 0 fully saturated rings. The normalized spacial score (nSPS) is 16.3. The molecule has 1 atom stereocenters. The maximum atomic E-state index is 13.7. The standard InChI is InChI=1S/C13H9.C11H17.C7H5F.2ClH.Zr/c1-3-7-12-10(5-1)9-11-6-2-4-8-13(11)12;1-8-6-9(2)10(7-8)11(3,4)5;1-6-2-4-7(8)5-3-6;;;/h1-5,7-8H,9H2;7-8H,1-5H3;1-5H;2*1H;/q;;;;;+2/p-2. The summed E-state index contributed by atoms with van der Waals surface area (Å²) in [6.07, 6.45) is 3.52. The number of rotatable bonds is 3. The van der Waals surface area contributed by atoms with Crippen LogP contribution in [-0.2, 0) is 27.7 Å². The molecule has 0 heterocycles. The zero-order chi connectivity index (χ0) is 23.3. The summed E-state index contributed by atoms with van der Waals surface area (Å²) in [6.45, 7) is 11.7. The van der Waals surface area contributed by atoms with Gasteiger partial charge in [-0.1, -0.05) is 0 Å². The van der Waals surface area contributed by atoms with Crippen molar-refractivity contribution in [1.82, 2.24) is 0 Å². The van der Waals surface area contributed by atoms with E-state index in [2.05, 4.69) is 86.9 Å². The molecular formula is C31H31Cl2FZr. The van der Waals surface area contributed by atoms with E-state index >= 15 is 0 Å². The minimum atomic E-state index is -2.48. The van der Waals surface area contributed by atoms with Crippen molar-refractivity contribution in [3.05, 3.63) is 110 Å². The number of benzene rings is 3. The Balaban J connectivity index is 0.00000171. The van der Waals surface area contributed by atoms with Crippen LogP contribution in [0.4, 0.5) is 4.39 Å². The fourth-order valence-electron chi connectivity index (χ4n) is 5.64. The van der Waals surface area contributed by atoms with Gasteiger partial charge < -0.3 is 24.8 Å². The van der Waals surface area contributed by atoms with Gasteiger partial charge in [0.1, 0.15) is 0 Å². The molecular weight excluding hydrogens is 553 g/mol. The number of fused-ring (bicyclic) bond motifs is 3. The molecule has 180 valence electrons. The molecule has 0 N–H and O–H groups in total. The minimum Gasteiger partial charge on any atom is -1.00 e. The van der Waals surface area contributed by atoms with Crippen molar-refractivity contribution in [2.45, 2.75) is 41.0 Å². The Morgan fingerprint density at radius 3 is 2.20 bits per heavy atom. The Kier molecular flexibility index (Phi) is 8.63. The van der Waals surface area contributed by atoms with Crippen molar-refractivity contribution in [2.24, 2.45) is 11.3 Å². The first-order chi connectivity index (χ1) is 15.7. The fraction of sp³-hybridized carbons (Fsp3) is 0.258. The summed E-state index contributed by atoms with van der Waals surface area (Å²) in [7, 11) is 0. The van der Waals surface area contributed by atoms with E-state index in [1.165, 1.54) is 33.4 Å². The van der Waals surface area contributed by atoms with Gasteiger partial charge in [-0.15, -0.1) is 0 Å². The Hall–Kier alpha value is -1.60. The van der Waals surface area contributed by atoms with E-state index in [9.17, 15) is 4.39 Å². The Labute approximate surface area is 229 Å². The second-order valence-corrected chi connectivity index (χ2v) is 15.8. The third kappa shape index (κ3) is 5.27. The van der Waals surface area contributed by atoms with E-state index in [0.717, 1.165) is 12.0 Å². The van der Waals surface area contributed by atoms with E-state index < -0.39 is 21.3 Å². The van der Waals surface area contributed by atoms with Crippen LogP contribution in [0.3, 0.4) is 0 Å². The monoisotopic (exact) mass is 582 g/mol. The number of hydrogen-bond acceptors (Lipinski definition) is 0. The van der Waals surface area contributed by atoms with Crippen molar-refractivity contribution in [3.63, 3.8) is 0 Å². The average Bonchev–Trinajstić information content (AvgIpc) is 3.30. The molecule has 0 aliphatic heterocycles. The zero-order valence-electron chi connectivity index (χ0n) is 20.9. The van der Waals surface area contributed by atoms with E-state index in [1.54, 1.807) is 18.7 Å². The number of allylic oxidation sites excluding steroid dienone is 4. The Morgan fingerprint density at radius 2 is 1.54 bits per heavy atom. The molecule has 0 aromatic heterocycles. The van der Waals surface area contributed by atoms with E-state index in [4.69, 9.17) is 0 Å². The first kappa shape index (κ1) is 28.0. The summed E-state index contributed by atoms with van der Waals surface area (Å²) in [5.41, 5.74) is 10.0. The molecule has 0 saturated heterocycles. The molecule has 2 aliphatic carbocycles. The van der Waals surface area contributed by atoms with Crippen molar-refractivity contribution in [1.29, 1.82) is 0 Å². The van der Waals surface area contributed by atoms with Crippen molar-refractivity contribution in [2.75, 3.05) is 0 Å². The molecule has 4 heteroatoms. The molecule has 0 radical (unpaired) electrons. The molecule has 1 unspecified atom stereocenters. The molecule has 5 rings (SSSR count). The summed E-state index contributed by atoms with van der Waals surface area (Å²) < 4.78 is 19.4. The van der Waals surface area contributed by atoms with Gasteiger partial charge in [0.15, 0.2) is 0 Å². The van der Waals surface area contributed by atoms with Gasteiger partial charge in [-0.05, 0) is 0 Å². The summed E-state index contributed by atoms with van der Waals surface area (Å²) in [5.74, 6) is 0.277. The molecule has 3 aromatic carbocycles. The first-order valence-electron chi connectivity index (χ1n) is 11.9. The summed E-state index contributed by atoms with van der Waals surface area (Å²) >= 11 is -2.48. The van der Waals surface area contributed by atoms with Crippen molar-refractivity contribution in [3.8, 4) is 11.1 Å². The molecule has 0 bridgehead atoms. The maximum absolute atomic E-state index is 13.7. The largest absolute Gasteiger partial charge is 1.00 e. The first-order valence-corrected chi connectivity index (χ1v) is 15.7. The quantitative estimate of drug-likeness (QED) is 0.342. The molecule has 3 aromatic rings. The fourth-order valence-corrected chi connectivity index (χ4v) is 13.2. The van der Waals surface area contributed by atoms with Crippen LogP contribution < -0.4 is 28.1 Å². The van der Waals surface area contributed by atoms with Crippen LogP contribution in [0.15, 0.2) is 87.2 Å². The Bertz CT molecular complexity index is 1340. The molecule has 2 aliphatic rings. The average molecular weight is 585 g/mol. The van der Waals surface area contributed by atoms with Gasteiger partial charge in [-0.25, -0.2) is 0 Å². The molecule has 35 heavy (non-hydrogen) atoms.